The highest BCUT2D eigenvalue weighted by Crippen LogP contribution is 2.34. The van der Waals surface area contributed by atoms with Crippen molar-refractivity contribution < 1.29 is 0 Å². The number of para-hydroxylation sites is 1. The fourth-order valence-electron chi connectivity index (χ4n) is 2.88. The second-order valence-corrected chi connectivity index (χ2v) is 6.20. The predicted molar refractivity (Wildman–Crippen MR) is 109 cm³/mol. The monoisotopic (exact) mass is 337 g/mol. The number of hydrogen-bond donors (Lipinski definition) is 1. The number of aryl methyl sites for hydroxylation is 1. The van der Waals surface area contributed by atoms with Crippen LogP contribution in [0.1, 0.15) is 5.56 Å². The van der Waals surface area contributed by atoms with E-state index in [1.54, 1.807) is 0 Å². The molecule has 1 N–H and O–H groups in total. The highest BCUT2D eigenvalue weighted by atomic mass is 15.1. The molecule has 0 fully saturated rings. The van der Waals surface area contributed by atoms with Crippen molar-refractivity contribution in [2.45, 2.75) is 6.92 Å². The van der Waals surface area contributed by atoms with Crippen LogP contribution in [0.15, 0.2) is 101 Å². The molecule has 3 nitrogen and oxygen atoms in total. The van der Waals surface area contributed by atoms with E-state index < -0.39 is 0 Å². The molecule has 0 heterocycles. The van der Waals surface area contributed by atoms with Gasteiger partial charge in [-0.1, -0.05) is 60.2 Å². The highest BCUT2D eigenvalue weighted by molar-refractivity contribution is 6.01. The zero-order valence-electron chi connectivity index (χ0n) is 14.6. The molecular formula is C23H19N3. The third-order valence-corrected chi connectivity index (χ3v) is 4.26. The number of hydrogen-bond acceptors (Lipinski definition) is 3. The van der Waals surface area contributed by atoms with Gasteiger partial charge in [0.05, 0.1) is 11.4 Å². The van der Waals surface area contributed by atoms with Gasteiger partial charge in [-0.25, -0.2) is 0 Å². The van der Waals surface area contributed by atoms with E-state index in [0.717, 1.165) is 33.5 Å². The van der Waals surface area contributed by atoms with Crippen LogP contribution in [0.5, 0.6) is 0 Å². The number of anilines is 2. The second-order valence-electron chi connectivity index (χ2n) is 6.20. The Bertz CT molecular complexity index is 1050. The Morgan fingerprint density at radius 1 is 0.615 bits per heavy atom. The average Bonchev–Trinajstić information content (AvgIpc) is 2.69. The Labute approximate surface area is 153 Å². The van der Waals surface area contributed by atoms with Crippen molar-refractivity contribution in [3.63, 3.8) is 0 Å². The van der Waals surface area contributed by atoms with Crippen LogP contribution >= 0.6 is 0 Å². The summed E-state index contributed by atoms with van der Waals surface area (Å²) in [7, 11) is 0. The summed E-state index contributed by atoms with van der Waals surface area (Å²) >= 11 is 0. The van der Waals surface area contributed by atoms with Gasteiger partial charge in [0.2, 0.25) is 0 Å². The van der Waals surface area contributed by atoms with Crippen molar-refractivity contribution in [2.24, 2.45) is 10.2 Å². The van der Waals surface area contributed by atoms with Crippen LogP contribution in [0.2, 0.25) is 0 Å². The van der Waals surface area contributed by atoms with E-state index in [9.17, 15) is 0 Å². The Balaban J connectivity index is 1.71. The van der Waals surface area contributed by atoms with Crippen LogP contribution in [-0.2, 0) is 0 Å². The normalized spacial score (nSPS) is 11.1. The second kappa shape index (κ2) is 7.19. The molecule has 4 rings (SSSR count). The first kappa shape index (κ1) is 16.0. The summed E-state index contributed by atoms with van der Waals surface area (Å²) in [5.41, 5.74) is 5.05. The summed E-state index contributed by atoms with van der Waals surface area (Å²) in [6, 6.07) is 30.5. The van der Waals surface area contributed by atoms with Crippen LogP contribution in [0.25, 0.3) is 10.8 Å². The lowest BCUT2D eigenvalue weighted by Crippen LogP contribution is -1.91. The summed E-state index contributed by atoms with van der Waals surface area (Å²) in [5.74, 6) is 0. The minimum atomic E-state index is 0.853. The fourth-order valence-corrected chi connectivity index (χ4v) is 2.88. The SMILES string of the molecule is Cc1ccc(N=Nc2ccc(Nc3ccccc3)c3ccccc23)cc1. The third-order valence-electron chi connectivity index (χ3n) is 4.26. The van der Waals surface area contributed by atoms with Crippen molar-refractivity contribution in [1.29, 1.82) is 0 Å². The molecule has 4 aromatic carbocycles. The molecule has 0 aromatic heterocycles. The Hall–Kier alpha value is -3.46. The average molecular weight is 337 g/mol. The van der Waals surface area contributed by atoms with Crippen LogP contribution in [0.4, 0.5) is 22.7 Å². The van der Waals surface area contributed by atoms with Crippen molar-refractivity contribution in [1.82, 2.24) is 0 Å². The van der Waals surface area contributed by atoms with Gasteiger partial charge in [0.1, 0.15) is 0 Å². The highest BCUT2D eigenvalue weighted by Gasteiger charge is 2.06. The molecule has 0 saturated carbocycles. The molecule has 0 aliphatic carbocycles. The maximum Gasteiger partial charge on any atom is 0.0936 e. The zero-order valence-corrected chi connectivity index (χ0v) is 14.6. The van der Waals surface area contributed by atoms with Crippen molar-refractivity contribution >= 4 is 33.5 Å². The largest absolute Gasteiger partial charge is 0.355 e. The number of fused-ring (bicyclic) bond motifs is 1. The molecule has 126 valence electrons. The summed E-state index contributed by atoms with van der Waals surface area (Å²) in [4.78, 5) is 0. The summed E-state index contributed by atoms with van der Waals surface area (Å²) < 4.78 is 0. The van der Waals surface area contributed by atoms with E-state index in [-0.39, 0.29) is 0 Å². The third kappa shape index (κ3) is 3.47. The van der Waals surface area contributed by atoms with E-state index in [1.807, 2.05) is 60.7 Å². The van der Waals surface area contributed by atoms with E-state index in [0.29, 0.717) is 0 Å². The minimum Gasteiger partial charge on any atom is -0.355 e. The molecule has 26 heavy (non-hydrogen) atoms. The zero-order chi connectivity index (χ0) is 17.8. The lowest BCUT2D eigenvalue weighted by molar-refractivity contribution is 1.24. The van der Waals surface area contributed by atoms with Gasteiger partial charge in [0.15, 0.2) is 0 Å². The molecule has 4 aromatic rings. The molecule has 0 aliphatic heterocycles. The Morgan fingerprint density at radius 2 is 1.31 bits per heavy atom. The number of rotatable bonds is 4. The van der Waals surface area contributed by atoms with Gasteiger partial charge < -0.3 is 5.32 Å². The van der Waals surface area contributed by atoms with Crippen LogP contribution < -0.4 is 5.32 Å². The molecule has 0 amide bonds. The van der Waals surface area contributed by atoms with Crippen LogP contribution in [-0.4, -0.2) is 0 Å². The van der Waals surface area contributed by atoms with Gasteiger partial charge in [0, 0.05) is 22.1 Å². The fraction of sp³-hybridized carbons (Fsp3) is 0.0435. The van der Waals surface area contributed by atoms with Crippen molar-refractivity contribution in [3.05, 3.63) is 96.6 Å². The van der Waals surface area contributed by atoms with Gasteiger partial charge in [-0.3, -0.25) is 0 Å². The topological polar surface area (TPSA) is 36.8 Å². The molecule has 0 radical (unpaired) electrons. The van der Waals surface area contributed by atoms with Crippen LogP contribution in [0.3, 0.4) is 0 Å². The van der Waals surface area contributed by atoms with E-state index in [4.69, 9.17) is 0 Å². The lowest BCUT2D eigenvalue weighted by Gasteiger charge is -2.11. The number of nitrogens with one attached hydrogen (secondary N) is 1. The van der Waals surface area contributed by atoms with Gasteiger partial charge in [-0.2, -0.15) is 5.11 Å². The molecule has 0 saturated heterocycles. The quantitative estimate of drug-likeness (QED) is 0.389. The first-order valence-electron chi connectivity index (χ1n) is 8.62. The Morgan fingerprint density at radius 3 is 2.08 bits per heavy atom. The lowest BCUT2D eigenvalue weighted by atomic mass is 10.1. The molecule has 3 heteroatoms. The van der Waals surface area contributed by atoms with Crippen molar-refractivity contribution in [3.8, 4) is 0 Å². The predicted octanol–water partition coefficient (Wildman–Crippen LogP) is 7.31. The van der Waals surface area contributed by atoms with Gasteiger partial charge in [-0.15, -0.1) is 5.11 Å². The minimum absolute atomic E-state index is 0.853. The molecule has 0 spiro atoms. The van der Waals surface area contributed by atoms with Gasteiger partial charge in [-0.05, 0) is 43.3 Å². The molecule has 0 atom stereocenters. The van der Waals surface area contributed by atoms with E-state index in [1.165, 1.54) is 5.56 Å². The first-order chi connectivity index (χ1) is 12.8. The molecule has 0 bridgehead atoms. The molecular weight excluding hydrogens is 318 g/mol. The molecule has 0 aliphatic rings. The number of azo groups is 1. The molecule has 0 unspecified atom stereocenters. The number of benzene rings is 4. The summed E-state index contributed by atoms with van der Waals surface area (Å²) in [6.07, 6.45) is 0. The van der Waals surface area contributed by atoms with E-state index >= 15 is 0 Å². The van der Waals surface area contributed by atoms with Gasteiger partial charge >= 0.3 is 0 Å². The van der Waals surface area contributed by atoms with E-state index in [2.05, 4.69) is 52.8 Å². The maximum absolute atomic E-state index is 4.48. The smallest absolute Gasteiger partial charge is 0.0936 e. The van der Waals surface area contributed by atoms with Crippen LogP contribution in [0, 0.1) is 6.92 Å². The first-order valence-corrected chi connectivity index (χ1v) is 8.62. The standard InChI is InChI=1S/C23H19N3/c1-17-11-13-19(14-12-17)25-26-23-16-15-22(20-9-5-6-10-21(20)23)24-18-7-3-2-4-8-18/h2-16,24H,1H3. The Kier molecular flexibility index (Phi) is 4.44. The summed E-state index contributed by atoms with van der Waals surface area (Å²) in [6.45, 7) is 2.06. The summed E-state index contributed by atoms with van der Waals surface area (Å²) in [5, 5.41) is 14.5. The van der Waals surface area contributed by atoms with Gasteiger partial charge in [0.25, 0.3) is 0 Å². The maximum atomic E-state index is 4.48. The van der Waals surface area contributed by atoms with Crippen molar-refractivity contribution in [2.75, 3.05) is 5.32 Å². The number of nitrogens with zero attached hydrogens (tertiary/aromatic N) is 2.